The number of rotatable bonds is 3. The van der Waals surface area contributed by atoms with Crippen molar-refractivity contribution in [2.75, 3.05) is 12.4 Å². The first kappa shape index (κ1) is 15.5. The van der Waals surface area contributed by atoms with Crippen LogP contribution in [-0.4, -0.2) is 23.8 Å². The van der Waals surface area contributed by atoms with Gasteiger partial charge in [0.25, 0.3) is 11.8 Å². The van der Waals surface area contributed by atoms with Crippen molar-refractivity contribution in [2.45, 2.75) is 0 Å². The summed E-state index contributed by atoms with van der Waals surface area (Å²) in [5, 5.41) is 5.34. The van der Waals surface area contributed by atoms with Crippen LogP contribution >= 0.6 is 27.5 Å². The third kappa shape index (κ3) is 3.80. The van der Waals surface area contributed by atoms with Gasteiger partial charge in [0.05, 0.1) is 5.56 Å². The van der Waals surface area contributed by atoms with Gasteiger partial charge in [0, 0.05) is 29.0 Å². The quantitative estimate of drug-likeness (QED) is 0.818. The van der Waals surface area contributed by atoms with Crippen molar-refractivity contribution >= 4 is 45.0 Å². The van der Waals surface area contributed by atoms with Crippen molar-refractivity contribution < 1.29 is 9.59 Å². The first-order valence-corrected chi connectivity index (χ1v) is 7.13. The van der Waals surface area contributed by atoms with E-state index in [-0.39, 0.29) is 22.5 Å². The van der Waals surface area contributed by atoms with Crippen LogP contribution in [0.15, 0.2) is 41.0 Å². The Hall–Kier alpha value is -1.92. The molecule has 0 aliphatic heterocycles. The van der Waals surface area contributed by atoms with Crippen molar-refractivity contribution in [3.63, 3.8) is 0 Å². The zero-order valence-electron chi connectivity index (χ0n) is 11.0. The lowest BCUT2D eigenvalue weighted by Gasteiger charge is -2.07. The molecule has 1 aromatic heterocycles. The molecular formula is C14H11BrClN3O2. The van der Waals surface area contributed by atoms with E-state index < -0.39 is 0 Å². The maximum atomic E-state index is 12.1. The second kappa shape index (κ2) is 6.69. The molecule has 1 aromatic carbocycles. The third-order valence-electron chi connectivity index (χ3n) is 2.68. The fourth-order valence-corrected chi connectivity index (χ4v) is 2.15. The lowest BCUT2D eigenvalue weighted by molar-refractivity contribution is 0.0962. The van der Waals surface area contributed by atoms with E-state index in [1.807, 2.05) is 0 Å². The minimum Gasteiger partial charge on any atom is -0.355 e. The van der Waals surface area contributed by atoms with Crippen LogP contribution in [0.3, 0.4) is 0 Å². The molecule has 2 rings (SSSR count). The van der Waals surface area contributed by atoms with Crippen LogP contribution < -0.4 is 10.6 Å². The predicted molar refractivity (Wildman–Crippen MR) is 84.7 cm³/mol. The van der Waals surface area contributed by atoms with E-state index in [2.05, 4.69) is 31.5 Å². The fraction of sp³-hybridized carbons (Fsp3) is 0.0714. The van der Waals surface area contributed by atoms with E-state index in [0.29, 0.717) is 15.7 Å². The molecule has 0 unspecified atom stereocenters. The van der Waals surface area contributed by atoms with Crippen LogP contribution in [0.2, 0.25) is 5.15 Å². The molecule has 0 fully saturated rings. The second-order valence-electron chi connectivity index (χ2n) is 4.10. The number of benzene rings is 1. The van der Waals surface area contributed by atoms with E-state index in [0.717, 1.165) is 0 Å². The highest BCUT2D eigenvalue weighted by Gasteiger charge is 2.12. The summed E-state index contributed by atoms with van der Waals surface area (Å²) in [5.41, 5.74) is 1.34. The number of halogens is 2. The molecular weight excluding hydrogens is 358 g/mol. The van der Waals surface area contributed by atoms with E-state index >= 15 is 0 Å². The van der Waals surface area contributed by atoms with Gasteiger partial charge in [-0.15, -0.1) is 0 Å². The number of anilines is 1. The summed E-state index contributed by atoms with van der Waals surface area (Å²) in [5.74, 6) is -0.561. The Morgan fingerprint density at radius 3 is 2.48 bits per heavy atom. The third-order valence-corrected chi connectivity index (χ3v) is 3.42. The normalized spacial score (nSPS) is 10.0. The molecule has 0 atom stereocenters. The van der Waals surface area contributed by atoms with E-state index in [4.69, 9.17) is 11.6 Å². The summed E-state index contributed by atoms with van der Waals surface area (Å²) in [7, 11) is 1.56. The molecule has 108 valence electrons. The summed E-state index contributed by atoms with van der Waals surface area (Å²) in [4.78, 5) is 27.4. The molecule has 0 spiro atoms. The van der Waals surface area contributed by atoms with Gasteiger partial charge in [-0.25, -0.2) is 4.98 Å². The number of carbonyl (C=O) groups is 2. The first-order valence-electron chi connectivity index (χ1n) is 5.96. The molecule has 2 aromatic rings. The highest BCUT2D eigenvalue weighted by atomic mass is 79.9. The van der Waals surface area contributed by atoms with Crippen molar-refractivity contribution in [2.24, 2.45) is 0 Å². The molecule has 7 heteroatoms. The van der Waals surface area contributed by atoms with Crippen LogP contribution in [0.4, 0.5) is 5.69 Å². The minimum atomic E-state index is -0.374. The Morgan fingerprint density at radius 1 is 1.19 bits per heavy atom. The topological polar surface area (TPSA) is 71.1 Å². The maximum absolute atomic E-state index is 12.1. The summed E-state index contributed by atoms with van der Waals surface area (Å²) in [6.45, 7) is 0. The molecule has 21 heavy (non-hydrogen) atoms. The van der Waals surface area contributed by atoms with Gasteiger partial charge in [-0.2, -0.15) is 0 Å². The molecule has 2 amide bonds. The zero-order chi connectivity index (χ0) is 15.4. The predicted octanol–water partition coefficient (Wildman–Crippen LogP) is 3.11. The van der Waals surface area contributed by atoms with Gasteiger partial charge < -0.3 is 10.6 Å². The molecule has 0 saturated carbocycles. The van der Waals surface area contributed by atoms with Crippen LogP contribution in [-0.2, 0) is 0 Å². The standard InChI is InChI=1S/C14H11BrClN3O2/c1-17-13(20)8-2-4-10(5-3-8)19-14(21)11-6-9(15)7-18-12(11)16/h2-7H,1H3,(H,17,20)(H,19,21). The SMILES string of the molecule is CNC(=O)c1ccc(NC(=O)c2cc(Br)cnc2Cl)cc1. The molecule has 2 N–H and O–H groups in total. The van der Waals surface area contributed by atoms with Crippen molar-refractivity contribution in [3.05, 3.63) is 57.3 Å². The van der Waals surface area contributed by atoms with Crippen molar-refractivity contribution in [1.82, 2.24) is 10.3 Å². The van der Waals surface area contributed by atoms with E-state index in [1.165, 1.54) is 6.20 Å². The van der Waals surface area contributed by atoms with Crippen molar-refractivity contribution in [3.8, 4) is 0 Å². The van der Waals surface area contributed by atoms with Crippen LogP contribution in [0.5, 0.6) is 0 Å². The van der Waals surface area contributed by atoms with Crippen molar-refractivity contribution in [1.29, 1.82) is 0 Å². The average molecular weight is 369 g/mol. The number of aromatic nitrogens is 1. The Labute approximate surface area is 134 Å². The average Bonchev–Trinajstić information content (AvgIpc) is 2.49. The first-order chi connectivity index (χ1) is 10.0. The van der Waals surface area contributed by atoms with Gasteiger partial charge in [0.1, 0.15) is 5.15 Å². The zero-order valence-corrected chi connectivity index (χ0v) is 13.3. The Morgan fingerprint density at radius 2 is 1.86 bits per heavy atom. The van der Waals surface area contributed by atoms with Crippen LogP contribution in [0, 0.1) is 0 Å². The van der Waals surface area contributed by atoms with Crippen LogP contribution in [0.1, 0.15) is 20.7 Å². The maximum Gasteiger partial charge on any atom is 0.258 e. The summed E-state index contributed by atoms with van der Waals surface area (Å²) in [6.07, 6.45) is 1.51. The highest BCUT2D eigenvalue weighted by molar-refractivity contribution is 9.10. The fourth-order valence-electron chi connectivity index (χ4n) is 1.63. The molecule has 0 radical (unpaired) electrons. The van der Waals surface area contributed by atoms with Gasteiger partial charge >= 0.3 is 0 Å². The number of carbonyl (C=O) groups excluding carboxylic acids is 2. The summed E-state index contributed by atoms with van der Waals surface area (Å²) in [6, 6.07) is 8.11. The Bertz CT molecular complexity index is 689. The van der Waals surface area contributed by atoms with Gasteiger partial charge in [-0.1, -0.05) is 11.6 Å². The minimum absolute atomic E-state index is 0.123. The molecule has 1 heterocycles. The smallest absolute Gasteiger partial charge is 0.258 e. The number of pyridine rings is 1. The number of nitrogens with one attached hydrogen (secondary N) is 2. The Balaban J connectivity index is 2.16. The van der Waals surface area contributed by atoms with Crippen LogP contribution in [0.25, 0.3) is 0 Å². The molecule has 0 aliphatic rings. The lowest BCUT2D eigenvalue weighted by atomic mass is 10.2. The molecule has 0 bridgehead atoms. The van der Waals surface area contributed by atoms with Gasteiger partial charge in [0.15, 0.2) is 0 Å². The van der Waals surface area contributed by atoms with Gasteiger partial charge in [0.2, 0.25) is 0 Å². The summed E-state index contributed by atoms with van der Waals surface area (Å²) >= 11 is 9.14. The Kier molecular flexibility index (Phi) is 4.93. The van der Waals surface area contributed by atoms with E-state index in [1.54, 1.807) is 37.4 Å². The largest absolute Gasteiger partial charge is 0.355 e. The number of nitrogens with zero attached hydrogens (tertiary/aromatic N) is 1. The highest BCUT2D eigenvalue weighted by Crippen LogP contribution is 2.19. The summed E-state index contributed by atoms with van der Waals surface area (Å²) < 4.78 is 0.659. The lowest BCUT2D eigenvalue weighted by Crippen LogP contribution is -2.18. The molecule has 0 aliphatic carbocycles. The number of hydrogen-bond acceptors (Lipinski definition) is 3. The molecule has 0 saturated heterocycles. The second-order valence-corrected chi connectivity index (χ2v) is 5.38. The van der Waals surface area contributed by atoms with Gasteiger partial charge in [-0.05, 0) is 46.3 Å². The van der Waals surface area contributed by atoms with E-state index in [9.17, 15) is 9.59 Å². The monoisotopic (exact) mass is 367 g/mol. The number of hydrogen-bond donors (Lipinski definition) is 2. The number of amides is 2. The van der Waals surface area contributed by atoms with Gasteiger partial charge in [-0.3, -0.25) is 9.59 Å². The molecule has 5 nitrogen and oxygen atoms in total.